The number of carbonyl (C=O) groups is 1. The van der Waals surface area contributed by atoms with E-state index in [2.05, 4.69) is 15.0 Å². The number of rotatable bonds is 4. The molecule has 0 spiro atoms. The van der Waals surface area contributed by atoms with Crippen molar-refractivity contribution >= 4 is 11.9 Å². The van der Waals surface area contributed by atoms with Crippen LogP contribution in [-0.2, 0) is 4.74 Å². The van der Waals surface area contributed by atoms with Crippen LogP contribution in [0, 0.1) is 12.7 Å². The lowest BCUT2D eigenvalue weighted by Gasteiger charge is -2.33. The number of ether oxygens (including phenoxy) is 1. The van der Waals surface area contributed by atoms with Crippen molar-refractivity contribution in [2.75, 3.05) is 38.7 Å². The average molecular weight is 422 g/mol. The van der Waals surface area contributed by atoms with E-state index in [0.717, 1.165) is 16.8 Å². The molecule has 1 fully saturated rings. The Balaban J connectivity index is 1.66. The van der Waals surface area contributed by atoms with Gasteiger partial charge < -0.3 is 14.5 Å². The second-order valence-corrected chi connectivity index (χ2v) is 7.52. The smallest absolute Gasteiger partial charge is 0.274 e. The Morgan fingerprint density at radius 3 is 2.58 bits per heavy atom. The standard InChI is InChI=1S/C22H23FN6O2/c1-14-10-25-18(12-24-14)21(30)29-8-9-31-19(13-29)20-17(11-26-22(27-20)28(2)3)15-4-6-16(23)7-5-15/h4-7,10-12,19H,8-9,13H2,1-3H3. The van der Waals surface area contributed by atoms with Gasteiger partial charge in [0.2, 0.25) is 5.95 Å². The lowest BCUT2D eigenvalue weighted by molar-refractivity contribution is -0.0246. The summed E-state index contributed by atoms with van der Waals surface area (Å²) in [5.41, 5.74) is 3.20. The van der Waals surface area contributed by atoms with Crippen LogP contribution in [0.4, 0.5) is 10.3 Å². The Kier molecular flexibility index (Phi) is 5.85. The van der Waals surface area contributed by atoms with Gasteiger partial charge in [-0.05, 0) is 24.6 Å². The van der Waals surface area contributed by atoms with Crippen molar-refractivity contribution in [3.63, 3.8) is 0 Å². The summed E-state index contributed by atoms with van der Waals surface area (Å²) in [6, 6.07) is 6.15. The van der Waals surface area contributed by atoms with E-state index in [1.807, 2.05) is 21.0 Å². The predicted octanol–water partition coefficient (Wildman–Crippen LogP) is 2.66. The predicted molar refractivity (Wildman–Crippen MR) is 113 cm³/mol. The number of carbonyl (C=O) groups excluding carboxylic acids is 1. The molecule has 1 unspecified atom stereocenters. The fourth-order valence-corrected chi connectivity index (χ4v) is 3.36. The number of morpholine rings is 1. The lowest BCUT2D eigenvalue weighted by atomic mass is 10.0. The highest BCUT2D eigenvalue weighted by molar-refractivity contribution is 5.92. The van der Waals surface area contributed by atoms with Crippen LogP contribution >= 0.6 is 0 Å². The van der Waals surface area contributed by atoms with Gasteiger partial charge in [0.15, 0.2) is 0 Å². The van der Waals surface area contributed by atoms with Crippen molar-refractivity contribution in [1.82, 2.24) is 24.8 Å². The number of hydrogen-bond acceptors (Lipinski definition) is 7. The first-order chi connectivity index (χ1) is 14.9. The van der Waals surface area contributed by atoms with E-state index < -0.39 is 6.10 Å². The van der Waals surface area contributed by atoms with Crippen LogP contribution < -0.4 is 4.90 Å². The molecule has 1 aliphatic heterocycles. The average Bonchev–Trinajstić information content (AvgIpc) is 2.79. The first-order valence-electron chi connectivity index (χ1n) is 9.92. The first kappa shape index (κ1) is 20.8. The normalized spacial score (nSPS) is 16.3. The van der Waals surface area contributed by atoms with Crippen molar-refractivity contribution in [2.45, 2.75) is 13.0 Å². The summed E-state index contributed by atoms with van der Waals surface area (Å²) in [5.74, 6) is 0.00404. The maximum Gasteiger partial charge on any atom is 0.274 e. The second-order valence-electron chi connectivity index (χ2n) is 7.52. The summed E-state index contributed by atoms with van der Waals surface area (Å²) >= 11 is 0. The molecule has 8 nitrogen and oxygen atoms in total. The fraction of sp³-hybridized carbons (Fsp3) is 0.318. The molecule has 0 saturated carbocycles. The van der Waals surface area contributed by atoms with Gasteiger partial charge in [0.25, 0.3) is 5.91 Å². The molecule has 0 bridgehead atoms. The van der Waals surface area contributed by atoms with E-state index in [0.29, 0.717) is 37.0 Å². The van der Waals surface area contributed by atoms with E-state index in [4.69, 9.17) is 9.72 Å². The minimum absolute atomic E-state index is 0.203. The van der Waals surface area contributed by atoms with Crippen molar-refractivity contribution in [2.24, 2.45) is 0 Å². The molecule has 1 aliphatic rings. The Morgan fingerprint density at radius 2 is 1.90 bits per heavy atom. The number of aryl methyl sites for hydroxylation is 1. The SMILES string of the molecule is Cc1cnc(C(=O)N2CCOC(c3nc(N(C)C)ncc3-c3ccc(F)cc3)C2)cn1. The zero-order valence-corrected chi connectivity index (χ0v) is 17.6. The monoisotopic (exact) mass is 422 g/mol. The van der Waals surface area contributed by atoms with Crippen molar-refractivity contribution < 1.29 is 13.9 Å². The molecule has 1 aromatic carbocycles. The van der Waals surface area contributed by atoms with E-state index in [1.165, 1.54) is 18.3 Å². The lowest BCUT2D eigenvalue weighted by Crippen LogP contribution is -2.43. The number of nitrogens with zero attached hydrogens (tertiary/aromatic N) is 6. The van der Waals surface area contributed by atoms with Crippen molar-refractivity contribution in [1.29, 1.82) is 0 Å². The summed E-state index contributed by atoms with van der Waals surface area (Å²) in [7, 11) is 3.70. The van der Waals surface area contributed by atoms with Crippen LogP contribution in [0.15, 0.2) is 42.9 Å². The minimum atomic E-state index is -0.460. The van der Waals surface area contributed by atoms with Gasteiger partial charge in [-0.15, -0.1) is 0 Å². The minimum Gasteiger partial charge on any atom is -0.368 e. The molecule has 3 aromatic rings. The molecule has 0 aliphatic carbocycles. The maximum absolute atomic E-state index is 13.4. The molecule has 2 aromatic heterocycles. The van der Waals surface area contributed by atoms with E-state index >= 15 is 0 Å². The van der Waals surface area contributed by atoms with Gasteiger partial charge in [0, 0.05) is 38.6 Å². The van der Waals surface area contributed by atoms with Gasteiger partial charge in [-0.2, -0.15) is 0 Å². The van der Waals surface area contributed by atoms with Crippen LogP contribution in [0.5, 0.6) is 0 Å². The first-order valence-corrected chi connectivity index (χ1v) is 9.92. The molecule has 3 heterocycles. The third-order valence-electron chi connectivity index (χ3n) is 5.02. The Labute approximate surface area is 179 Å². The van der Waals surface area contributed by atoms with E-state index in [-0.39, 0.29) is 11.7 Å². The number of halogens is 1. The molecule has 4 rings (SSSR count). The molecule has 160 valence electrons. The Hall–Kier alpha value is -3.46. The molecular weight excluding hydrogens is 399 g/mol. The molecule has 0 N–H and O–H groups in total. The van der Waals surface area contributed by atoms with Crippen LogP contribution in [0.25, 0.3) is 11.1 Å². The van der Waals surface area contributed by atoms with Gasteiger partial charge in [-0.25, -0.2) is 19.3 Å². The second kappa shape index (κ2) is 8.73. The molecule has 1 saturated heterocycles. The van der Waals surface area contributed by atoms with Crippen LogP contribution in [0.3, 0.4) is 0 Å². The van der Waals surface area contributed by atoms with Gasteiger partial charge in [-0.1, -0.05) is 12.1 Å². The van der Waals surface area contributed by atoms with Crippen molar-refractivity contribution in [3.05, 3.63) is 65.8 Å². The van der Waals surface area contributed by atoms with Gasteiger partial charge in [0.1, 0.15) is 17.6 Å². The highest BCUT2D eigenvalue weighted by Gasteiger charge is 2.30. The molecule has 0 radical (unpaired) electrons. The van der Waals surface area contributed by atoms with Gasteiger partial charge in [0.05, 0.1) is 30.7 Å². The number of benzene rings is 1. The fourth-order valence-electron chi connectivity index (χ4n) is 3.36. The van der Waals surface area contributed by atoms with Crippen LogP contribution in [-0.4, -0.2) is 64.5 Å². The van der Waals surface area contributed by atoms with Crippen LogP contribution in [0.1, 0.15) is 28.0 Å². The summed E-state index contributed by atoms with van der Waals surface area (Å²) < 4.78 is 19.4. The van der Waals surface area contributed by atoms with Gasteiger partial charge >= 0.3 is 0 Å². The largest absolute Gasteiger partial charge is 0.368 e. The van der Waals surface area contributed by atoms with E-state index in [1.54, 1.807) is 34.3 Å². The number of aromatic nitrogens is 4. The van der Waals surface area contributed by atoms with E-state index in [9.17, 15) is 9.18 Å². The van der Waals surface area contributed by atoms with Gasteiger partial charge in [-0.3, -0.25) is 9.78 Å². The maximum atomic E-state index is 13.4. The number of anilines is 1. The summed E-state index contributed by atoms with van der Waals surface area (Å²) in [4.78, 5) is 33.9. The molecular formula is C22H23FN6O2. The Morgan fingerprint density at radius 1 is 1.13 bits per heavy atom. The molecule has 9 heteroatoms. The number of hydrogen-bond donors (Lipinski definition) is 0. The molecule has 1 atom stereocenters. The summed E-state index contributed by atoms with van der Waals surface area (Å²) in [5, 5.41) is 0. The molecule has 31 heavy (non-hydrogen) atoms. The van der Waals surface area contributed by atoms with Crippen molar-refractivity contribution in [3.8, 4) is 11.1 Å². The summed E-state index contributed by atoms with van der Waals surface area (Å²) in [6.07, 6.45) is 4.31. The highest BCUT2D eigenvalue weighted by Crippen LogP contribution is 2.32. The van der Waals surface area contributed by atoms with Crippen LogP contribution in [0.2, 0.25) is 0 Å². The third-order valence-corrected chi connectivity index (χ3v) is 5.02. The Bertz CT molecular complexity index is 1070. The topological polar surface area (TPSA) is 84.3 Å². The quantitative estimate of drug-likeness (QED) is 0.639. The third kappa shape index (κ3) is 4.51. The molecule has 1 amide bonds. The zero-order valence-electron chi connectivity index (χ0n) is 17.6. The zero-order chi connectivity index (χ0) is 22.0. The highest BCUT2D eigenvalue weighted by atomic mass is 19.1. The summed E-state index contributed by atoms with van der Waals surface area (Å²) in [6.45, 7) is 2.94. The number of amides is 1.